The van der Waals surface area contributed by atoms with Gasteiger partial charge in [0, 0.05) is 33.6 Å². The number of nitrogens with zero attached hydrogens (tertiary/aromatic N) is 5. The zero-order valence-corrected chi connectivity index (χ0v) is 22.1. The average Bonchev–Trinajstić information content (AvgIpc) is 3.57. The Morgan fingerprint density at radius 3 is 2.31 bits per heavy atom. The Labute approximate surface area is 224 Å². The first-order valence-electron chi connectivity index (χ1n) is 11.6. The molecule has 0 atom stereocenters. The Bertz CT molecular complexity index is 1780. The van der Waals surface area contributed by atoms with E-state index >= 15 is 0 Å². The minimum Gasteiger partial charge on any atom is -0.510 e. The van der Waals surface area contributed by atoms with Gasteiger partial charge in [-0.2, -0.15) is 12.7 Å². The van der Waals surface area contributed by atoms with Gasteiger partial charge in [-0.05, 0) is 48.5 Å². The zero-order valence-electron chi connectivity index (χ0n) is 19.8. The second-order valence-electron chi connectivity index (χ2n) is 8.88. The fraction of sp³-hybridized carbons (Fsp3) is 0.0667. The standard InChI is InChI=1S/C30H22N5.Pt/c1-32-16-17-34(20-32)22-8-7-9-23(19-22)35-27-12-5-3-10-24(27)25-15-14-21(18-29(25)35)30-31-26-11-4-6-13-28(26)33(30)2;/h3-17,20H,1-2H3;/q-3;. The van der Waals surface area contributed by atoms with Crippen LogP contribution in [0.1, 0.15) is 0 Å². The fourth-order valence-corrected chi connectivity index (χ4v) is 4.98. The van der Waals surface area contributed by atoms with Crippen molar-refractivity contribution in [3.63, 3.8) is 0 Å². The summed E-state index contributed by atoms with van der Waals surface area (Å²) in [6.07, 6.45) is 4.06. The van der Waals surface area contributed by atoms with Gasteiger partial charge < -0.3 is 18.9 Å². The second kappa shape index (κ2) is 8.69. The zero-order chi connectivity index (χ0) is 23.5. The number of fused-ring (bicyclic) bond motifs is 4. The molecule has 0 spiro atoms. The van der Waals surface area contributed by atoms with Gasteiger partial charge in [0.1, 0.15) is 0 Å². The number of anilines is 1. The first-order chi connectivity index (χ1) is 17.2. The van der Waals surface area contributed by atoms with Crippen molar-refractivity contribution in [2.24, 2.45) is 7.05 Å². The third-order valence-electron chi connectivity index (χ3n) is 6.66. The Kier molecular flexibility index (Phi) is 5.46. The van der Waals surface area contributed by atoms with Gasteiger partial charge in [0.2, 0.25) is 0 Å². The molecule has 3 heterocycles. The average molecular weight is 648 g/mol. The third-order valence-corrected chi connectivity index (χ3v) is 6.66. The van der Waals surface area contributed by atoms with E-state index in [0.717, 1.165) is 50.2 Å². The molecular formula is C30H22N5Pt-3. The molecule has 180 valence electrons. The van der Waals surface area contributed by atoms with Crippen molar-refractivity contribution >= 4 is 38.5 Å². The van der Waals surface area contributed by atoms with Crippen LogP contribution in [0.3, 0.4) is 0 Å². The molecular weight excluding hydrogens is 625 g/mol. The number of imidazole rings is 1. The normalized spacial score (nSPS) is 13.3. The molecule has 0 N–H and O–H groups in total. The molecule has 1 aliphatic heterocycles. The van der Waals surface area contributed by atoms with Crippen LogP contribution in [0.2, 0.25) is 0 Å². The molecule has 0 radical (unpaired) electrons. The number of aromatic nitrogens is 3. The first-order valence-corrected chi connectivity index (χ1v) is 11.6. The number of para-hydroxylation sites is 3. The van der Waals surface area contributed by atoms with Crippen LogP contribution in [0.15, 0.2) is 91.3 Å². The monoisotopic (exact) mass is 647 g/mol. The van der Waals surface area contributed by atoms with E-state index in [1.807, 2.05) is 43.1 Å². The first kappa shape index (κ1) is 22.6. The van der Waals surface area contributed by atoms with Crippen LogP contribution in [0, 0.1) is 18.8 Å². The number of benzene rings is 4. The number of aryl methyl sites for hydroxylation is 1. The van der Waals surface area contributed by atoms with Crippen LogP contribution in [-0.4, -0.2) is 26.1 Å². The second-order valence-corrected chi connectivity index (χ2v) is 8.88. The minimum absolute atomic E-state index is 0. The van der Waals surface area contributed by atoms with Crippen molar-refractivity contribution in [1.82, 2.24) is 19.0 Å². The summed E-state index contributed by atoms with van der Waals surface area (Å²) in [5.74, 6) is 0.905. The molecule has 0 fully saturated rings. The summed E-state index contributed by atoms with van der Waals surface area (Å²) >= 11 is 0. The van der Waals surface area contributed by atoms with Crippen LogP contribution < -0.4 is 4.90 Å². The molecule has 2 aromatic heterocycles. The van der Waals surface area contributed by atoms with Crippen molar-refractivity contribution in [3.8, 4) is 17.1 Å². The van der Waals surface area contributed by atoms with Gasteiger partial charge in [-0.25, -0.2) is 0 Å². The molecule has 0 saturated carbocycles. The molecule has 5 nitrogen and oxygen atoms in total. The summed E-state index contributed by atoms with van der Waals surface area (Å²) in [7, 11) is 4.08. The third kappa shape index (κ3) is 3.46. The summed E-state index contributed by atoms with van der Waals surface area (Å²) in [4.78, 5) is 9.01. The van der Waals surface area contributed by atoms with Crippen molar-refractivity contribution < 1.29 is 21.1 Å². The van der Waals surface area contributed by atoms with Gasteiger partial charge >= 0.3 is 0 Å². The molecule has 0 bridgehead atoms. The van der Waals surface area contributed by atoms with Crippen LogP contribution in [0.5, 0.6) is 0 Å². The van der Waals surface area contributed by atoms with E-state index in [-0.39, 0.29) is 21.1 Å². The Balaban J connectivity index is 0.00000240. The molecule has 6 aromatic rings. The van der Waals surface area contributed by atoms with E-state index in [1.165, 1.54) is 5.39 Å². The Morgan fingerprint density at radius 1 is 0.722 bits per heavy atom. The Morgan fingerprint density at radius 2 is 1.50 bits per heavy atom. The number of hydrogen-bond acceptors (Lipinski definition) is 3. The van der Waals surface area contributed by atoms with Crippen molar-refractivity contribution in [2.45, 2.75) is 0 Å². The predicted octanol–water partition coefficient (Wildman–Crippen LogP) is 6.28. The van der Waals surface area contributed by atoms with E-state index in [4.69, 9.17) is 4.98 Å². The van der Waals surface area contributed by atoms with E-state index in [1.54, 1.807) is 0 Å². The molecule has 4 aromatic carbocycles. The molecule has 6 heteroatoms. The van der Waals surface area contributed by atoms with E-state index < -0.39 is 0 Å². The van der Waals surface area contributed by atoms with Gasteiger partial charge in [-0.3, -0.25) is 4.98 Å². The number of rotatable bonds is 3. The maximum absolute atomic E-state index is 4.91. The van der Waals surface area contributed by atoms with Crippen LogP contribution >= 0.6 is 0 Å². The van der Waals surface area contributed by atoms with Crippen LogP contribution in [0.4, 0.5) is 5.69 Å². The Hall–Kier alpha value is -3.82. The maximum Gasteiger partial charge on any atom is 0.0770 e. The molecule has 0 aliphatic carbocycles. The summed E-state index contributed by atoms with van der Waals surface area (Å²) in [6, 6.07) is 34.6. The van der Waals surface area contributed by atoms with Crippen LogP contribution in [-0.2, 0) is 28.1 Å². The quantitative estimate of drug-likeness (QED) is 0.212. The summed E-state index contributed by atoms with van der Waals surface area (Å²) in [5, 5.41) is 2.36. The molecule has 0 unspecified atom stereocenters. The van der Waals surface area contributed by atoms with Crippen LogP contribution in [0.25, 0.3) is 49.9 Å². The van der Waals surface area contributed by atoms with Crippen molar-refractivity contribution in [1.29, 1.82) is 0 Å². The molecule has 0 amide bonds. The topological polar surface area (TPSA) is 29.2 Å². The van der Waals surface area contributed by atoms with Crippen molar-refractivity contribution in [2.75, 3.05) is 11.9 Å². The van der Waals surface area contributed by atoms with Gasteiger partial charge in [0.25, 0.3) is 0 Å². The van der Waals surface area contributed by atoms with Gasteiger partial charge in [-0.1, -0.05) is 41.4 Å². The SMILES string of the molecule is CN1C=CN(c2[c-]c(-n3c4[c-]c(-c5nc6ccccc6n5C)ccc4c4ccccc43)ccc2)[CH-]1.[Pt]. The van der Waals surface area contributed by atoms with E-state index in [2.05, 4.69) is 99.9 Å². The van der Waals surface area contributed by atoms with Crippen molar-refractivity contribution in [3.05, 3.63) is 110 Å². The summed E-state index contributed by atoms with van der Waals surface area (Å²) < 4.78 is 4.39. The van der Waals surface area contributed by atoms with Gasteiger partial charge in [0.05, 0.1) is 16.9 Å². The van der Waals surface area contributed by atoms with Gasteiger partial charge in [-0.15, -0.1) is 47.6 Å². The van der Waals surface area contributed by atoms with Gasteiger partial charge in [0.15, 0.2) is 0 Å². The summed E-state index contributed by atoms with van der Waals surface area (Å²) in [6.45, 7) is 2.04. The van der Waals surface area contributed by atoms with E-state index in [9.17, 15) is 0 Å². The predicted molar refractivity (Wildman–Crippen MR) is 142 cm³/mol. The molecule has 7 rings (SSSR count). The molecule has 0 saturated heterocycles. The minimum atomic E-state index is 0. The maximum atomic E-state index is 4.91. The summed E-state index contributed by atoms with van der Waals surface area (Å²) in [5.41, 5.74) is 7.17. The van der Waals surface area contributed by atoms with E-state index in [0.29, 0.717) is 0 Å². The largest absolute Gasteiger partial charge is 0.510 e. The fourth-order valence-electron chi connectivity index (χ4n) is 4.98. The number of hydrogen-bond donors (Lipinski definition) is 0. The smallest absolute Gasteiger partial charge is 0.0770 e. The molecule has 1 aliphatic rings. The molecule has 36 heavy (non-hydrogen) atoms.